The summed E-state index contributed by atoms with van der Waals surface area (Å²) in [6, 6.07) is 4.74. The molecule has 3 nitrogen and oxygen atoms in total. The molecule has 15 heavy (non-hydrogen) atoms. The highest BCUT2D eigenvalue weighted by atomic mass is 19.1. The van der Waals surface area contributed by atoms with Crippen LogP contribution in [0.2, 0.25) is 0 Å². The van der Waals surface area contributed by atoms with Crippen molar-refractivity contribution in [2.24, 2.45) is 5.73 Å². The number of nitrogens with one attached hydrogen (secondary N) is 1. The van der Waals surface area contributed by atoms with Crippen molar-refractivity contribution >= 4 is 0 Å². The van der Waals surface area contributed by atoms with Crippen LogP contribution in [0.4, 0.5) is 4.39 Å². The first-order valence-corrected chi connectivity index (χ1v) is 4.86. The highest BCUT2D eigenvalue weighted by molar-refractivity contribution is 5.31. The second kappa shape index (κ2) is 5.09. The number of likely N-dealkylation sites (N-methyl/N-ethyl adjacent to an activating group) is 1. The molecule has 0 fully saturated rings. The van der Waals surface area contributed by atoms with Gasteiger partial charge < -0.3 is 15.8 Å². The van der Waals surface area contributed by atoms with Crippen LogP contribution in [0.5, 0.6) is 5.75 Å². The number of hydrogen-bond donors (Lipinski definition) is 2. The highest BCUT2D eigenvalue weighted by Gasteiger charge is 2.15. The van der Waals surface area contributed by atoms with Crippen molar-refractivity contribution in [3.8, 4) is 5.75 Å². The first-order chi connectivity index (χ1) is 7.10. The van der Waals surface area contributed by atoms with E-state index in [-0.39, 0.29) is 23.7 Å². The standard InChI is InChI=1S/C11H17FN2O/c1-7(13)11(14-2)8-4-5-10(15-3)9(12)6-8/h4-7,11,14H,13H2,1-3H3. The molecule has 0 aromatic heterocycles. The summed E-state index contributed by atoms with van der Waals surface area (Å²) in [5.41, 5.74) is 6.61. The third-order valence-electron chi connectivity index (χ3n) is 2.37. The van der Waals surface area contributed by atoms with Gasteiger partial charge in [0.2, 0.25) is 0 Å². The summed E-state index contributed by atoms with van der Waals surface area (Å²) in [4.78, 5) is 0. The molecule has 3 N–H and O–H groups in total. The Kier molecular flexibility index (Phi) is 4.05. The van der Waals surface area contributed by atoms with Crippen molar-refractivity contribution in [2.45, 2.75) is 19.0 Å². The molecular formula is C11H17FN2O. The molecule has 2 atom stereocenters. The minimum Gasteiger partial charge on any atom is -0.494 e. The monoisotopic (exact) mass is 212 g/mol. The zero-order valence-corrected chi connectivity index (χ0v) is 9.25. The zero-order valence-electron chi connectivity index (χ0n) is 9.25. The first kappa shape index (κ1) is 11.9. The lowest BCUT2D eigenvalue weighted by Crippen LogP contribution is -2.33. The summed E-state index contributed by atoms with van der Waals surface area (Å²) >= 11 is 0. The molecule has 0 amide bonds. The van der Waals surface area contributed by atoms with Crippen LogP contribution in [-0.4, -0.2) is 20.2 Å². The molecule has 1 aromatic rings. The molecule has 0 spiro atoms. The third kappa shape index (κ3) is 2.67. The predicted molar refractivity (Wildman–Crippen MR) is 58.4 cm³/mol. The molecule has 0 aliphatic heterocycles. The summed E-state index contributed by atoms with van der Waals surface area (Å²) in [7, 11) is 3.25. The van der Waals surface area contributed by atoms with Crippen LogP contribution in [0.1, 0.15) is 18.5 Å². The van der Waals surface area contributed by atoms with Gasteiger partial charge in [0.15, 0.2) is 11.6 Å². The maximum absolute atomic E-state index is 13.4. The van der Waals surface area contributed by atoms with Gasteiger partial charge in [0.05, 0.1) is 7.11 Å². The molecule has 2 unspecified atom stereocenters. The lowest BCUT2D eigenvalue weighted by Gasteiger charge is -2.20. The van der Waals surface area contributed by atoms with Crippen LogP contribution in [0.25, 0.3) is 0 Å². The lowest BCUT2D eigenvalue weighted by atomic mass is 10.0. The highest BCUT2D eigenvalue weighted by Crippen LogP contribution is 2.22. The minimum absolute atomic E-state index is 0.0505. The Morgan fingerprint density at radius 1 is 1.47 bits per heavy atom. The molecular weight excluding hydrogens is 195 g/mol. The average molecular weight is 212 g/mol. The summed E-state index contributed by atoms with van der Waals surface area (Å²) in [5, 5.41) is 3.05. The van der Waals surface area contributed by atoms with E-state index in [1.54, 1.807) is 13.1 Å². The molecule has 0 bridgehead atoms. The van der Waals surface area contributed by atoms with Crippen molar-refractivity contribution in [3.63, 3.8) is 0 Å². The van der Waals surface area contributed by atoms with E-state index in [1.807, 2.05) is 13.0 Å². The number of nitrogens with two attached hydrogens (primary N) is 1. The second-order valence-corrected chi connectivity index (χ2v) is 3.52. The van der Waals surface area contributed by atoms with E-state index >= 15 is 0 Å². The van der Waals surface area contributed by atoms with E-state index < -0.39 is 0 Å². The van der Waals surface area contributed by atoms with Crippen LogP contribution in [0.3, 0.4) is 0 Å². The Balaban J connectivity index is 3.00. The molecule has 0 heterocycles. The molecule has 0 radical (unpaired) electrons. The maximum atomic E-state index is 13.4. The van der Waals surface area contributed by atoms with Gasteiger partial charge in [0.25, 0.3) is 0 Å². The number of rotatable bonds is 4. The largest absolute Gasteiger partial charge is 0.494 e. The topological polar surface area (TPSA) is 47.3 Å². The number of halogens is 1. The summed E-state index contributed by atoms with van der Waals surface area (Å²) in [6.45, 7) is 1.88. The minimum atomic E-state index is -0.365. The SMILES string of the molecule is CNC(c1ccc(OC)c(F)c1)C(C)N. The van der Waals surface area contributed by atoms with Gasteiger partial charge >= 0.3 is 0 Å². The number of ether oxygens (including phenoxy) is 1. The van der Waals surface area contributed by atoms with Gasteiger partial charge in [-0.1, -0.05) is 6.07 Å². The van der Waals surface area contributed by atoms with Gasteiger partial charge in [-0.25, -0.2) is 4.39 Å². The van der Waals surface area contributed by atoms with Crippen molar-refractivity contribution < 1.29 is 9.13 Å². The number of benzene rings is 1. The van der Waals surface area contributed by atoms with Gasteiger partial charge in [-0.2, -0.15) is 0 Å². The van der Waals surface area contributed by atoms with Crippen LogP contribution < -0.4 is 15.8 Å². The Bertz CT molecular complexity index is 328. The van der Waals surface area contributed by atoms with Gasteiger partial charge in [-0.05, 0) is 31.7 Å². The molecule has 4 heteroatoms. The molecule has 1 aromatic carbocycles. The molecule has 0 saturated heterocycles. The molecule has 1 rings (SSSR count). The van der Waals surface area contributed by atoms with E-state index in [0.717, 1.165) is 5.56 Å². The smallest absolute Gasteiger partial charge is 0.165 e. The summed E-state index contributed by atoms with van der Waals surface area (Å²) in [5.74, 6) is -0.117. The van der Waals surface area contributed by atoms with Crippen LogP contribution >= 0.6 is 0 Å². The fourth-order valence-electron chi connectivity index (χ4n) is 1.61. The lowest BCUT2D eigenvalue weighted by molar-refractivity contribution is 0.385. The molecule has 0 aliphatic rings. The van der Waals surface area contributed by atoms with Gasteiger partial charge in [0.1, 0.15) is 0 Å². The fraction of sp³-hybridized carbons (Fsp3) is 0.455. The van der Waals surface area contributed by atoms with Crippen molar-refractivity contribution in [2.75, 3.05) is 14.2 Å². The van der Waals surface area contributed by atoms with Crippen molar-refractivity contribution in [3.05, 3.63) is 29.6 Å². The Hall–Kier alpha value is -1.13. The zero-order chi connectivity index (χ0) is 11.4. The Morgan fingerprint density at radius 2 is 2.13 bits per heavy atom. The maximum Gasteiger partial charge on any atom is 0.165 e. The summed E-state index contributed by atoms with van der Waals surface area (Å²) < 4.78 is 18.3. The quantitative estimate of drug-likeness (QED) is 0.794. The second-order valence-electron chi connectivity index (χ2n) is 3.52. The average Bonchev–Trinajstić information content (AvgIpc) is 2.18. The van der Waals surface area contributed by atoms with Crippen LogP contribution in [-0.2, 0) is 0 Å². The van der Waals surface area contributed by atoms with Crippen molar-refractivity contribution in [1.82, 2.24) is 5.32 Å². The molecule has 0 saturated carbocycles. The number of hydrogen-bond acceptors (Lipinski definition) is 3. The van der Waals surface area contributed by atoms with E-state index in [1.165, 1.54) is 13.2 Å². The normalized spacial score (nSPS) is 14.7. The number of methoxy groups -OCH3 is 1. The molecule has 84 valence electrons. The van der Waals surface area contributed by atoms with E-state index in [2.05, 4.69) is 5.32 Å². The third-order valence-corrected chi connectivity index (χ3v) is 2.37. The summed E-state index contributed by atoms with van der Waals surface area (Å²) in [6.07, 6.45) is 0. The Morgan fingerprint density at radius 3 is 2.53 bits per heavy atom. The fourth-order valence-corrected chi connectivity index (χ4v) is 1.61. The van der Waals surface area contributed by atoms with Crippen molar-refractivity contribution in [1.29, 1.82) is 0 Å². The first-order valence-electron chi connectivity index (χ1n) is 4.86. The van der Waals surface area contributed by atoms with E-state index in [0.29, 0.717) is 0 Å². The van der Waals surface area contributed by atoms with E-state index in [9.17, 15) is 4.39 Å². The Labute approximate surface area is 89.4 Å². The van der Waals surface area contributed by atoms with Crippen LogP contribution in [0.15, 0.2) is 18.2 Å². The van der Waals surface area contributed by atoms with Gasteiger partial charge in [-0.3, -0.25) is 0 Å². The van der Waals surface area contributed by atoms with Gasteiger partial charge in [-0.15, -0.1) is 0 Å². The molecule has 0 aliphatic carbocycles. The van der Waals surface area contributed by atoms with E-state index in [4.69, 9.17) is 10.5 Å². The van der Waals surface area contributed by atoms with Crippen LogP contribution in [0, 0.1) is 5.82 Å². The predicted octanol–water partition coefficient (Wildman–Crippen LogP) is 1.44. The van der Waals surface area contributed by atoms with Gasteiger partial charge in [0, 0.05) is 12.1 Å².